The van der Waals surface area contributed by atoms with Crippen LogP contribution in [0.15, 0.2) is 54.0 Å². The van der Waals surface area contributed by atoms with Gasteiger partial charge in [0.15, 0.2) is 11.6 Å². The first-order valence-corrected chi connectivity index (χ1v) is 10.6. The molecule has 0 radical (unpaired) electrons. The van der Waals surface area contributed by atoms with Crippen LogP contribution in [0.2, 0.25) is 0 Å². The van der Waals surface area contributed by atoms with Gasteiger partial charge in [-0.3, -0.25) is 9.67 Å². The maximum Gasteiger partial charge on any atom is 0.194 e. The summed E-state index contributed by atoms with van der Waals surface area (Å²) in [4.78, 5) is 23.3. The van der Waals surface area contributed by atoms with Gasteiger partial charge in [-0.2, -0.15) is 5.10 Å². The number of benzene rings is 1. The van der Waals surface area contributed by atoms with Gasteiger partial charge in [-0.05, 0) is 12.5 Å². The summed E-state index contributed by atoms with van der Waals surface area (Å²) >= 11 is 0. The Morgan fingerprint density at radius 3 is 2.81 bits per heavy atom. The number of aryl methyl sites for hydroxylation is 1. The fourth-order valence-electron chi connectivity index (χ4n) is 3.42. The highest BCUT2D eigenvalue weighted by Gasteiger charge is 2.10. The Hall–Kier alpha value is -3.95. The van der Waals surface area contributed by atoms with Gasteiger partial charge in [0.25, 0.3) is 0 Å². The highest BCUT2D eigenvalue weighted by Crippen LogP contribution is 2.18. The molecule has 10 nitrogen and oxygen atoms in total. The number of H-pyrrole nitrogens is 1. The summed E-state index contributed by atoms with van der Waals surface area (Å²) in [6.45, 7) is 4.69. The van der Waals surface area contributed by atoms with Crippen LogP contribution in [0.1, 0.15) is 12.7 Å². The maximum atomic E-state index is 4.74. The zero-order chi connectivity index (χ0) is 22.3. The SMILES string of the molecule is CCNC(=NCCNc1ncnc2c1cnn2C)N(C)Cc1ncc(-c2ccccc2)[nH]1. The summed E-state index contributed by atoms with van der Waals surface area (Å²) in [5.41, 5.74) is 2.92. The number of aromatic amines is 1. The highest BCUT2D eigenvalue weighted by molar-refractivity contribution is 5.86. The minimum atomic E-state index is 0.589. The van der Waals surface area contributed by atoms with E-state index < -0.39 is 0 Å². The van der Waals surface area contributed by atoms with Crippen molar-refractivity contribution in [1.29, 1.82) is 0 Å². The van der Waals surface area contributed by atoms with Crippen LogP contribution in [0, 0.1) is 0 Å². The van der Waals surface area contributed by atoms with Crippen LogP contribution in [0.4, 0.5) is 5.82 Å². The molecule has 0 fully saturated rings. The van der Waals surface area contributed by atoms with Gasteiger partial charge < -0.3 is 20.5 Å². The molecule has 166 valence electrons. The first-order valence-electron chi connectivity index (χ1n) is 10.6. The van der Waals surface area contributed by atoms with Crippen molar-refractivity contribution in [2.45, 2.75) is 13.5 Å². The maximum absolute atomic E-state index is 4.74. The highest BCUT2D eigenvalue weighted by atomic mass is 15.3. The van der Waals surface area contributed by atoms with Gasteiger partial charge in [0, 0.05) is 27.2 Å². The third-order valence-electron chi connectivity index (χ3n) is 4.99. The molecule has 3 aromatic heterocycles. The molecule has 0 spiro atoms. The van der Waals surface area contributed by atoms with Crippen molar-refractivity contribution < 1.29 is 0 Å². The molecule has 0 saturated heterocycles. The number of guanidine groups is 1. The molecule has 3 N–H and O–H groups in total. The number of aromatic nitrogens is 6. The van der Waals surface area contributed by atoms with Crippen molar-refractivity contribution in [2.24, 2.45) is 12.0 Å². The molecule has 32 heavy (non-hydrogen) atoms. The number of rotatable bonds is 8. The molecule has 4 rings (SSSR count). The molecule has 0 aliphatic rings. The van der Waals surface area contributed by atoms with Crippen LogP contribution in [-0.4, -0.2) is 67.3 Å². The number of nitrogens with one attached hydrogen (secondary N) is 3. The van der Waals surface area contributed by atoms with E-state index in [9.17, 15) is 0 Å². The van der Waals surface area contributed by atoms with Gasteiger partial charge in [-0.25, -0.2) is 15.0 Å². The van der Waals surface area contributed by atoms with E-state index in [0.29, 0.717) is 19.6 Å². The van der Waals surface area contributed by atoms with Crippen molar-refractivity contribution in [2.75, 3.05) is 32.0 Å². The van der Waals surface area contributed by atoms with E-state index in [1.807, 2.05) is 38.5 Å². The average molecular weight is 433 g/mol. The predicted molar refractivity (Wildman–Crippen MR) is 126 cm³/mol. The standard InChI is InChI=1S/C22H28N10/c1-4-23-22(25-11-10-24-20-17-12-29-32(3)21(17)28-15-27-20)31(2)14-19-26-13-18(30-19)16-8-6-5-7-9-16/h5-9,12-13,15H,4,10-11,14H2,1-3H3,(H,23,25)(H,26,30)(H,24,27,28). The zero-order valence-corrected chi connectivity index (χ0v) is 18.6. The number of fused-ring (bicyclic) bond motifs is 1. The van der Waals surface area contributed by atoms with Gasteiger partial charge in [-0.1, -0.05) is 30.3 Å². The molecule has 10 heteroatoms. The second-order valence-corrected chi connectivity index (χ2v) is 7.36. The number of anilines is 1. The number of imidazole rings is 1. The lowest BCUT2D eigenvalue weighted by molar-refractivity contribution is 0.464. The first-order chi connectivity index (χ1) is 15.7. The van der Waals surface area contributed by atoms with Crippen LogP contribution in [0.3, 0.4) is 0 Å². The van der Waals surface area contributed by atoms with Crippen LogP contribution in [-0.2, 0) is 13.6 Å². The Morgan fingerprint density at radius 1 is 1.16 bits per heavy atom. The molecule has 0 saturated carbocycles. The molecule has 0 aliphatic heterocycles. The summed E-state index contributed by atoms with van der Waals surface area (Å²) in [6.07, 6.45) is 5.18. The quantitative estimate of drug-likeness (QED) is 0.222. The number of hydrogen-bond donors (Lipinski definition) is 3. The van der Waals surface area contributed by atoms with Gasteiger partial charge in [0.1, 0.15) is 18.0 Å². The van der Waals surface area contributed by atoms with Gasteiger partial charge in [0.05, 0.1) is 36.6 Å². The van der Waals surface area contributed by atoms with E-state index in [-0.39, 0.29) is 0 Å². The lowest BCUT2D eigenvalue weighted by Gasteiger charge is -2.21. The van der Waals surface area contributed by atoms with E-state index in [1.165, 1.54) is 0 Å². The van der Waals surface area contributed by atoms with Gasteiger partial charge >= 0.3 is 0 Å². The normalized spacial score (nSPS) is 11.7. The van der Waals surface area contributed by atoms with Crippen LogP contribution in [0.25, 0.3) is 22.3 Å². The third-order valence-corrected chi connectivity index (χ3v) is 4.99. The fourth-order valence-corrected chi connectivity index (χ4v) is 3.42. The lowest BCUT2D eigenvalue weighted by atomic mass is 10.2. The molecule has 0 bridgehead atoms. The Balaban J connectivity index is 1.36. The second-order valence-electron chi connectivity index (χ2n) is 7.36. The smallest absolute Gasteiger partial charge is 0.194 e. The molecular formula is C22H28N10. The fraction of sp³-hybridized carbons (Fsp3) is 0.318. The van der Waals surface area contributed by atoms with E-state index in [2.05, 4.69) is 59.6 Å². The first kappa shape index (κ1) is 21.3. The van der Waals surface area contributed by atoms with E-state index >= 15 is 0 Å². The second kappa shape index (κ2) is 9.90. The third kappa shape index (κ3) is 4.85. The van der Waals surface area contributed by atoms with E-state index in [4.69, 9.17) is 4.99 Å². The number of nitrogens with zero attached hydrogens (tertiary/aromatic N) is 7. The largest absolute Gasteiger partial charge is 0.367 e. The molecule has 1 aromatic carbocycles. The Labute approximate surface area is 186 Å². The summed E-state index contributed by atoms with van der Waals surface area (Å²) in [5.74, 6) is 2.47. The molecule has 4 aromatic rings. The predicted octanol–water partition coefficient (Wildman–Crippen LogP) is 2.26. The zero-order valence-electron chi connectivity index (χ0n) is 18.6. The van der Waals surface area contributed by atoms with Crippen LogP contribution < -0.4 is 10.6 Å². The lowest BCUT2D eigenvalue weighted by Crippen LogP contribution is -2.39. The molecular weight excluding hydrogens is 404 g/mol. The number of hydrogen-bond acceptors (Lipinski definition) is 6. The Morgan fingerprint density at radius 2 is 2.00 bits per heavy atom. The van der Waals surface area contributed by atoms with Crippen molar-refractivity contribution in [3.63, 3.8) is 0 Å². The monoisotopic (exact) mass is 432 g/mol. The van der Waals surface area contributed by atoms with E-state index in [1.54, 1.807) is 17.2 Å². The Bertz CT molecular complexity index is 1180. The number of aliphatic imine (C=N–C) groups is 1. The average Bonchev–Trinajstić information content (AvgIpc) is 3.44. The molecule has 0 amide bonds. The van der Waals surface area contributed by atoms with E-state index in [0.717, 1.165) is 46.4 Å². The van der Waals surface area contributed by atoms with Crippen molar-refractivity contribution in [3.05, 3.63) is 54.9 Å². The molecule has 0 aliphatic carbocycles. The van der Waals surface area contributed by atoms with Crippen molar-refractivity contribution >= 4 is 22.8 Å². The van der Waals surface area contributed by atoms with Crippen LogP contribution >= 0.6 is 0 Å². The topological polar surface area (TPSA) is 112 Å². The van der Waals surface area contributed by atoms with Crippen molar-refractivity contribution in [1.82, 2.24) is 39.9 Å². The summed E-state index contributed by atoms with van der Waals surface area (Å²) in [5, 5.41) is 11.8. The van der Waals surface area contributed by atoms with Crippen LogP contribution in [0.5, 0.6) is 0 Å². The minimum Gasteiger partial charge on any atom is -0.367 e. The molecule has 0 unspecified atom stereocenters. The molecule has 3 heterocycles. The Kier molecular flexibility index (Phi) is 6.59. The summed E-state index contributed by atoms with van der Waals surface area (Å²) < 4.78 is 1.73. The summed E-state index contributed by atoms with van der Waals surface area (Å²) in [7, 11) is 3.87. The molecule has 0 atom stereocenters. The van der Waals surface area contributed by atoms with Crippen molar-refractivity contribution in [3.8, 4) is 11.3 Å². The van der Waals surface area contributed by atoms with Gasteiger partial charge in [-0.15, -0.1) is 0 Å². The summed E-state index contributed by atoms with van der Waals surface area (Å²) in [6, 6.07) is 10.2. The van der Waals surface area contributed by atoms with Gasteiger partial charge in [0.2, 0.25) is 0 Å². The minimum absolute atomic E-state index is 0.589.